The van der Waals surface area contributed by atoms with Crippen LogP contribution in [0.4, 0.5) is 0 Å². The number of ether oxygens (including phenoxy) is 2. The highest BCUT2D eigenvalue weighted by molar-refractivity contribution is 7.89. The smallest absolute Gasteiger partial charge is 0.243 e. The third-order valence-electron chi connectivity index (χ3n) is 6.50. The van der Waals surface area contributed by atoms with Gasteiger partial charge in [-0.05, 0) is 54.7 Å². The molecule has 2 aromatic carbocycles. The van der Waals surface area contributed by atoms with Crippen molar-refractivity contribution in [2.45, 2.75) is 30.3 Å². The molecule has 9 heteroatoms. The summed E-state index contributed by atoms with van der Waals surface area (Å²) in [5.41, 5.74) is 2.42. The van der Waals surface area contributed by atoms with Gasteiger partial charge in [-0.1, -0.05) is 18.2 Å². The van der Waals surface area contributed by atoms with E-state index in [0.29, 0.717) is 55.7 Å². The van der Waals surface area contributed by atoms with E-state index in [1.54, 1.807) is 6.07 Å². The lowest BCUT2D eigenvalue weighted by atomic mass is 10.1. The molecule has 5 rings (SSSR count). The molecular formula is C24H29N3O5S. The molecule has 1 saturated heterocycles. The second kappa shape index (κ2) is 9.32. The average molecular weight is 472 g/mol. The first kappa shape index (κ1) is 22.2. The highest BCUT2D eigenvalue weighted by Gasteiger charge is 2.30. The van der Waals surface area contributed by atoms with Gasteiger partial charge in [-0.3, -0.25) is 9.69 Å². The summed E-state index contributed by atoms with van der Waals surface area (Å²) < 4.78 is 39.2. The molecule has 1 aliphatic carbocycles. The molecule has 1 fully saturated rings. The Hall–Kier alpha value is -2.62. The summed E-state index contributed by atoms with van der Waals surface area (Å²) in [6.45, 7) is 2.78. The molecule has 0 bridgehead atoms. The van der Waals surface area contributed by atoms with E-state index in [9.17, 15) is 13.2 Å². The van der Waals surface area contributed by atoms with Crippen LogP contribution in [0.5, 0.6) is 11.5 Å². The summed E-state index contributed by atoms with van der Waals surface area (Å²) in [7, 11) is -3.51. The first-order valence-electron chi connectivity index (χ1n) is 11.5. The fraction of sp³-hybridized carbons (Fsp3) is 0.458. The van der Waals surface area contributed by atoms with Crippen LogP contribution in [0.3, 0.4) is 0 Å². The number of nitrogens with one attached hydrogen (secondary N) is 1. The number of hydrogen-bond acceptors (Lipinski definition) is 6. The monoisotopic (exact) mass is 471 g/mol. The molecule has 3 aliphatic rings. The van der Waals surface area contributed by atoms with Gasteiger partial charge in [-0.2, -0.15) is 4.31 Å². The van der Waals surface area contributed by atoms with Crippen molar-refractivity contribution in [3.05, 3.63) is 53.6 Å². The fourth-order valence-corrected chi connectivity index (χ4v) is 6.11. The molecule has 0 saturated carbocycles. The summed E-state index contributed by atoms with van der Waals surface area (Å²) in [6.07, 6.45) is 2.83. The van der Waals surface area contributed by atoms with Gasteiger partial charge in [0.15, 0.2) is 11.5 Å². The van der Waals surface area contributed by atoms with E-state index in [4.69, 9.17) is 9.47 Å². The lowest BCUT2D eigenvalue weighted by Gasteiger charge is -2.33. The first-order chi connectivity index (χ1) is 16.0. The molecule has 1 amide bonds. The van der Waals surface area contributed by atoms with Gasteiger partial charge in [-0.25, -0.2) is 8.42 Å². The Bertz CT molecular complexity index is 1130. The summed E-state index contributed by atoms with van der Waals surface area (Å²) in [5.74, 6) is 1.30. The zero-order valence-electron chi connectivity index (χ0n) is 18.5. The Balaban J connectivity index is 1.09. The number of fused-ring (bicyclic) bond motifs is 2. The molecular weight excluding hydrogens is 442 g/mol. The molecule has 1 N–H and O–H groups in total. The van der Waals surface area contributed by atoms with Gasteiger partial charge in [0.25, 0.3) is 0 Å². The number of benzene rings is 2. The SMILES string of the molecule is O=C(CN1CCN(S(=O)(=O)c2ccc3c(c2)CCC3)CC1)NC[C@@H]1COc2ccccc2O1. The fourth-order valence-electron chi connectivity index (χ4n) is 4.64. The standard InChI is InChI=1S/C24H29N3O5S/c28-24(25-15-20-17-31-22-6-1-2-7-23(22)32-20)16-26-10-12-27(13-11-26)33(29,30)21-9-8-18-4-3-5-19(18)14-21/h1-2,6-9,14,20H,3-5,10-13,15-17H2,(H,25,28)/t20-/m1/s1. The van der Waals surface area contributed by atoms with Crippen LogP contribution < -0.4 is 14.8 Å². The lowest BCUT2D eigenvalue weighted by molar-refractivity contribution is -0.123. The molecule has 2 aliphatic heterocycles. The third kappa shape index (κ3) is 4.85. The largest absolute Gasteiger partial charge is 0.486 e. The van der Waals surface area contributed by atoms with E-state index in [0.717, 1.165) is 24.8 Å². The molecule has 0 radical (unpaired) electrons. The normalized spacial score (nSPS) is 20.9. The summed E-state index contributed by atoms with van der Waals surface area (Å²) in [4.78, 5) is 14.8. The Kier molecular flexibility index (Phi) is 6.27. The number of para-hydroxylation sites is 2. The van der Waals surface area contributed by atoms with Crippen LogP contribution in [0.15, 0.2) is 47.4 Å². The molecule has 0 aromatic heterocycles. The zero-order valence-corrected chi connectivity index (χ0v) is 19.4. The van der Waals surface area contributed by atoms with Crippen molar-refractivity contribution in [2.24, 2.45) is 0 Å². The second-order valence-electron chi connectivity index (χ2n) is 8.77. The molecule has 176 valence electrons. The van der Waals surface area contributed by atoms with Crippen LogP contribution in [-0.2, 0) is 27.7 Å². The predicted molar refractivity (Wildman–Crippen MR) is 123 cm³/mol. The quantitative estimate of drug-likeness (QED) is 0.686. The Morgan fingerprint density at radius 2 is 1.76 bits per heavy atom. The zero-order chi connectivity index (χ0) is 22.8. The average Bonchev–Trinajstić information content (AvgIpc) is 3.31. The number of carbonyl (C=O) groups is 1. The van der Waals surface area contributed by atoms with Crippen molar-refractivity contribution in [2.75, 3.05) is 45.9 Å². The molecule has 33 heavy (non-hydrogen) atoms. The molecule has 0 spiro atoms. The van der Waals surface area contributed by atoms with Gasteiger partial charge >= 0.3 is 0 Å². The van der Waals surface area contributed by atoms with Crippen LogP contribution in [0.25, 0.3) is 0 Å². The minimum Gasteiger partial charge on any atom is -0.486 e. The number of amides is 1. The lowest BCUT2D eigenvalue weighted by Crippen LogP contribution is -2.51. The molecule has 0 unspecified atom stereocenters. The van der Waals surface area contributed by atoms with Gasteiger partial charge in [-0.15, -0.1) is 0 Å². The van der Waals surface area contributed by atoms with Crippen molar-refractivity contribution in [3.8, 4) is 11.5 Å². The van der Waals surface area contributed by atoms with E-state index in [1.807, 2.05) is 41.3 Å². The van der Waals surface area contributed by atoms with Crippen molar-refractivity contribution >= 4 is 15.9 Å². The van der Waals surface area contributed by atoms with Crippen LogP contribution in [0.1, 0.15) is 17.5 Å². The number of sulfonamides is 1. The summed E-state index contributed by atoms with van der Waals surface area (Å²) >= 11 is 0. The predicted octanol–water partition coefficient (Wildman–Crippen LogP) is 1.44. The van der Waals surface area contributed by atoms with Crippen LogP contribution in [0, 0.1) is 0 Å². The first-order valence-corrected chi connectivity index (χ1v) is 12.9. The van der Waals surface area contributed by atoms with Crippen molar-refractivity contribution in [1.82, 2.24) is 14.5 Å². The maximum absolute atomic E-state index is 13.1. The molecule has 2 heterocycles. The maximum atomic E-state index is 13.1. The minimum absolute atomic E-state index is 0.104. The number of carbonyl (C=O) groups excluding carboxylic acids is 1. The summed E-state index contributed by atoms with van der Waals surface area (Å²) in [6, 6.07) is 13.0. The van der Waals surface area contributed by atoms with E-state index < -0.39 is 10.0 Å². The number of nitrogens with zero attached hydrogens (tertiary/aromatic N) is 2. The van der Waals surface area contributed by atoms with Crippen LogP contribution in [-0.4, -0.2) is 75.5 Å². The van der Waals surface area contributed by atoms with Crippen molar-refractivity contribution in [1.29, 1.82) is 0 Å². The van der Waals surface area contributed by atoms with E-state index >= 15 is 0 Å². The maximum Gasteiger partial charge on any atom is 0.243 e. The molecule has 1 atom stereocenters. The number of hydrogen-bond donors (Lipinski definition) is 1. The second-order valence-corrected chi connectivity index (χ2v) is 10.7. The topological polar surface area (TPSA) is 88.2 Å². The van der Waals surface area contributed by atoms with E-state index in [1.165, 1.54) is 9.87 Å². The summed E-state index contributed by atoms with van der Waals surface area (Å²) in [5, 5.41) is 2.90. The van der Waals surface area contributed by atoms with Gasteiger partial charge in [0.1, 0.15) is 12.7 Å². The van der Waals surface area contributed by atoms with Crippen molar-refractivity contribution in [3.63, 3.8) is 0 Å². The molecule has 8 nitrogen and oxygen atoms in total. The van der Waals surface area contributed by atoms with Gasteiger partial charge in [0, 0.05) is 26.2 Å². The number of piperazine rings is 1. The van der Waals surface area contributed by atoms with Crippen molar-refractivity contribution < 1.29 is 22.7 Å². The highest BCUT2D eigenvalue weighted by atomic mass is 32.2. The van der Waals surface area contributed by atoms with Crippen LogP contribution in [0.2, 0.25) is 0 Å². The Morgan fingerprint density at radius 3 is 2.58 bits per heavy atom. The third-order valence-corrected chi connectivity index (χ3v) is 8.40. The Labute approximate surface area is 194 Å². The van der Waals surface area contributed by atoms with Gasteiger partial charge < -0.3 is 14.8 Å². The van der Waals surface area contributed by atoms with E-state index in [2.05, 4.69) is 5.32 Å². The Morgan fingerprint density at radius 1 is 1.00 bits per heavy atom. The van der Waals surface area contributed by atoms with Crippen LogP contribution >= 0.6 is 0 Å². The highest BCUT2D eigenvalue weighted by Crippen LogP contribution is 2.30. The van der Waals surface area contributed by atoms with Gasteiger partial charge in [0.2, 0.25) is 15.9 Å². The van der Waals surface area contributed by atoms with E-state index in [-0.39, 0.29) is 18.6 Å². The molecule has 2 aromatic rings. The number of aryl methyl sites for hydroxylation is 2. The minimum atomic E-state index is -3.51. The van der Waals surface area contributed by atoms with Gasteiger partial charge in [0.05, 0.1) is 18.0 Å². The number of rotatable bonds is 6.